The van der Waals surface area contributed by atoms with Crippen LogP contribution in [0.3, 0.4) is 0 Å². The van der Waals surface area contributed by atoms with Gasteiger partial charge in [0.2, 0.25) is 0 Å². The Morgan fingerprint density at radius 1 is 1.31 bits per heavy atom. The summed E-state index contributed by atoms with van der Waals surface area (Å²) < 4.78 is 12.7. The normalized spacial score (nSPS) is 21.9. The Morgan fingerprint density at radius 3 is 2.75 bits per heavy atom. The fourth-order valence-electron chi connectivity index (χ4n) is 2.19. The Kier molecular flexibility index (Phi) is 3.67. The van der Waals surface area contributed by atoms with E-state index < -0.39 is 0 Å². The molecule has 86 valence electrons. The van der Waals surface area contributed by atoms with Crippen LogP contribution in [0.4, 0.5) is 4.39 Å². The maximum Gasteiger partial charge on any atom is 0.137 e. The number of carbonyl (C=O) groups excluding carboxylic acids is 1. The smallest absolute Gasteiger partial charge is 0.137 e. The molecular formula is C13H16FNO. The molecule has 1 unspecified atom stereocenters. The summed E-state index contributed by atoms with van der Waals surface area (Å²) in [7, 11) is 0. The van der Waals surface area contributed by atoms with E-state index in [1.807, 2.05) is 0 Å². The summed E-state index contributed by atoms with van der Waals surface area (Å²) in [4.78, 5) is 13.1. The highest BCUT2D eigenvalue weighted by Crippen LogP contribution is 2.18. The van der Waals surface area contributed by atoms with Crippen molar-refractivity contribution in [1.82, 2.24) is 4.90 Å². The number of carbonyl (C=O) groups is 1. The lowest BCUT2D eigenvalue weighted by Gasteiger charge is -2.32. The molecule has 0 saturated carbocycles. The third-order valence-corrected chi connectivity index (χ3v) is 3.12. The van der Waals surface area contributed by atoms with Gasteiger partial charge in [-0.25, -0.2) is 4.39 Å². The van der Waals surface area contributed by atoms with Crippen LogP contribution in [0.5, 0.6) is 0 Å². The molecule has 1 heterocycles. The minimum Gasteiger partial charge on any atom is -0.302 e. The summed E-state index contributed by atoms with van der Waals surface area (Å²) in [6, 6.07) is 6.54. The maximum atomic E-state index is 12.7. The summed E-state index contributed by atoms with van der Waals surface area (Å²) >= 11 is 0. The van der Waals surface area contributed by atoms with Crippen LogP contribution in [-0.4, -0.2) is 23.8 Å². The Balaban J connectivity index is 2.02. The van der Waals surface area contributed by atoms with Gasteiger partial charge in [-0.3, -0.25) is 4.90 Å². The van der Waals surface area contributed by atoms with E-state index in [1.165, 1.54) is 12.1 Å². The molecule has 1 aliphatic heterocycles. The van der Waals surface area contributed by atoms with Gasteiger partial charge in [-0.05, 0) is 37.1 Å². The number of piperidine rings is 1. The molecule has 0 bridgehead atoms. The second kappa shape index (κ2) is 5.21. The van der Waals surface area contributed by atoms with Crippen molar-refractivity contribution in [2.45, 2.75) is 31.8 Å². The molecule has 1 aromatic carbocycles. The molecule has 0 aliphatic carbocycles. The summed E-state index contributed by atoms with van der Waals surface area (Å²) in [5.41, 5.74) is 1.06. The number of halogens is 1. The van der Waals surface area contributed by atoms with Gasteiger partial charge in [0, 0.05) is 6.54 Å². The predicted molar refractivity (Wildman–Crippen MR) is 60.5 cm³/mol. The van der Waals surface area contributed by atoms with Gasteiger partial charge in [0.25, 0.3) is 0 Å². The van der Waals surface area contributed by atoms with E-state index in [4.69, 9.17) is 0 Å². The van der Waals surface area contributed by atoms with Crippen LogP contribution in [0.25, 0.3) is 0 Å². The zero-order valence-electron chi connectivity index (χ0n) is 9.23. The van der Waals surface area contributed by atoms with Crippen LogP contribution in [0.1, 0.15) is 24.8 Å². The van der Waals surface area contributed by atoms with Crippen LogP contribution in [0, 0.1) is 5.82 Å². The SMILES string of the molecule is O=CC1CCCCN1Cc1ccc(F)cc1. The topological polar surface area (TPSA) is 20.3 Å². The van der Waals surface area contributed by atoms with Crippen molar-refractivity contribution in [3.63, 3.8) is 0 Å². The molecule has 0 N–H and O–H groups in total. The third kappa shape index (κ3) is 2.67. The zero-order valence-corrected chi connectivity index (χ0v) is 9.23. The van der Waals surface area contributed by atoms with Gasteiger partial charge in [0.15, 0.2) is 0 Å². The van der Waals surface area contributed by atoms with E-state index in [1.54, 1.807) is 12.1 Å². The zero-order chi connectivity index (χ0) is 11.4. The van der Waals surface area contributed by atoms with E-state index in [0.29, 0.717) is 0 Å². The highest BCUT2D eigenvalue weighted by molar-refractivity contribution is 5.57. The van der Waals surface area contributed by atoms with Crippen molar-refractivity contribution in [2.75, 3.05) is 6.54 Å². The average Bonchev–Trinajstić information content (AvgIpc) is 2.33. The molecule has 1 saturated heterocycles. The molecule has 1 fully saturated rings. The van der Waals surface area contributed by atoms with Crippen molar-refractivity contribution in [1.29, 1.82) is 0 Å². The van der Waals surface area contributed by atoms with Crippen LogP contribution in [0.2, 0.25) is 0 Å². The van der Waals surface area contributed by atoms with Crippen molar-refractivity contribution >= 4 is 6.29 Å². The monoisotopic (exact) mass is 221 g/mol. The van der Waals surface area contributed by atoms with Crippen molar-refractivity contribution in [3.8, 4) is 0 Å². The lowest BCUT2D eigenvalue weighted by atomic mass is 10.0. The van der Waals surface area contributed by atoms with E-state index in [-0.39, 0.29) is 11.9 Å². The van der Waals surface area contributed by atoms with E-state index in [2.05, 4.69) is 4.90 Å². The second-order valence-corrected chi connectivity index (χ2v) is 4.30. The summed E-state index contributed by atoms with van der Waals surface area (Å²) in [5, 5.41) is 0. The van der Waals surface area contributed by atoms with Gasteiger partial charge in [-0.1, -0.05) is 18.6 Å². The Hall–Kier alpha value is -1.22. The van der Waals surface area contributed by atoms with Gasteiger partial charge in [0.05, 0.1) is 6.04 Å². The highest BCUT2D eigenvalue weighted by atomic mass is 19.1. The number of benzene rings is 1. The lowest BCUT2D eigenvalue weighted by Crippen LogP contribution is -2.39. The van der Waals surface area contributed by atoms with E-state index >= 15 is 0 Å². The largest absolute Gasteiger partial charge is 0.302 e. The first-order valence-corrected chi connectivity index (χ1v) is 5.73. The van der Waals surface area contributed by atoms with Crippen LogP contribution in [0.15, 0.2) is 24.3 Å². The summed E-state index contributed by atoms with van der Waals surface area (Å²) in [6.45, 7) is 1.70. The van der Waals surface area contributed by atoms with E-state index in [9.17, 15) is 9.18 Å². The quantitative estimate of drug-likeness (QED) is 0.730. The van der Waals surface area contributed by atoms with Crippen molar-refractivity contribution < 1.29 is 9.18 Å². The second-order valence-electron chi connectivity index (χ2n) is 4.30. The number of nitrogens with zero attached hydrogens (tertiary/aromatic N) is 1. The molecular weight excluding hydrogens is 205 g/mol. The first-order valence-electron chi connectivity index (χ1n) is 5.73. The number of rotatable bonds is 3. The average molecular weight is 221 g/mol. The van der Waals surface area contributed by atoms with Crippen LogP contribution in [-0.2, 0) is 11.3 Å². The molecule has 2 nitrogen and oxygen atoms in total. The fraction of sp³-hybridized carbons (Fsp3) is 0.462. The van der Waals surface area contributed by atoms with Crippen molar-refractivity contribution in [2.24, 2.45) is 0 Å². The molecule has 0 radical (unpaired) electrons. The molecule has 0 amide bonds. The van der Waals surface area contributed by atoms with Crippen LogP contribution >= 0.6 is 0 Å². The first-order chi connectivity index (χ1) is 7.79. The maximum absolute atomic E-state index is 12.7. The molecule has 2 rings (SSSR count). The number of likely N-dealkylation sites (tertiary alicyclic amines) is 1. The minimum absolute atomic E-state index is 0.0406. The number of hydrogen-bond donors (Lipinski definition) is 0. The van der Waals surface area contributed by atoms with Gasteiger partial charge < -0.3 is 4.79 Å². The van der Waals surface area contributed by atoms with Gasteiger partial charge in [0.1, 0.15) is 12.1 Å². The standard InChI is InChI=1S/C13H16FNO/c14-12-6-4-11(5-7-12)9-15-8-2-1-3-13(15)10-16/h4-7,10,13H,1-3,8-9H2. The van der Waals surface area contributed by atoms with Crippen molar-refractivity contribution in [3.05, 3.63) is 35.6 Å². The Morgan fingerprint density at radius 2 is 2.06 bits per heavy atom. The summed E-state index contributed by atoms with van der Waals surface area (Å²) in [5.74, 6) is -0.214. The van der Waals surface area contributed by atoms with Gasteiger partial charge in [-0.15, -0.1) is 0 Å². The fourth-order valence-corrected chi connectivity index (χ4v) is 2.19. The Bertz CT molecular complexity index is 349. The predicted octanol–water partition coefficient (Wildman–Crippen LogP) is 2.38. The number of hydrogen-bond acceptors (Lipinski definition) is 2. The molecule has 1 aliphatic rings. The minimum atomic E-state index is -0.214. The first kappa shape index (κ1) is 11.3. The van der Waals surface area contributed by atoms with E-state index in [0.717, 1.165) is 44.2 Å². The van der Waals surface area contributed by atoms with Crippen LogP contribution < -0.4 is 0 Å². The van der Waals surface area contributed by atoms with Gasteiger partial charge in [-0.2, -0.15) is 0 Å². The third-order valence-electron chi connectivity index (χ3n) is 3.12. The summed E-state index contributed by atoms with van der Waals surface area (Å²) in [6.07, 6.45) is 4.25. The Labute approximate surface area is 95.1 Å². The lowest BCUT2D eigenvalue weighted by molar-refractivity contribution is -0.113. The molecule has 16 heavy (non-hydrogen) atoms. The van der Waals surface area contributed by atoms with Gasteiger partial charge >= 0.3 is 0 Å². The molecule has 0 spiro atoms. The molecule has 0 aromatic heterocycles. The molecule has 1 atom stereocenters. The number of aldehydes is 1. The highest BCUT2D eigenvalue weighted by Gasteiger charge is 2.21. The molecule has 3 heteroatoms. The molecule has 1 aromatic rings.